The summed E-state index contributed by atoms with van der Waals surface area (Å²) >= 11 is 0. The molecule has 8 heteroatoms. The molecule has 1 fully saturated rings. The summed E-state index contributed by atoms with van der Waals surface area (Å²) in [6, 6.07) is 13.6. The van der Waals surface area contributed by atoms with E-state index in [-0.39, 0.29) is 37.1 Å². The topological polar surface area (TPSA) is 90.0 Å². The van der Waals surface area contributed by atoms with Crippen LogP contribution in [0.1, 0.15) is 46.2 Å². The van der Waals surface area contributed by atoms with Gasteiger partial charge in [0.15, 0.2) is 18.2 Å². The van der Waals surface area contributed by atoms with E-state index in [9.17, 15) is 9.59 Å². The summed E-state index contributed by atoms with van der Waals surface area (Å²) in [5.41, 5.74) is 0.491. The van der Waals surface area contributed by atoms with E-state index < -0.39 is 11.4 Å². The van der Waals surface area contributed by atoms with Crippen molar-refractivity contribution in [2.45, 2.75) is 46.8 Å². The second-order valence-corrected chi connectivity index (χ2v) is 9.04. The summed E-state index contributed by atoms with van der Waals surface area (Å²) in [6.07, 6.45) is 0.0270. The quantitative estimate of drug-likeness (QED) is 0.632. The van der Waals surface area contributed by atoms with E-state index in [4.69, 9.17) is 19.2 Å². The number of nitrogens with one attached hydrogen (secondary N) is 1. The zero-order chi connectivity index (χ0) is 24.0. The number of aromatic nitrogens is 1. The largest absolute Gasteiger partial charge is 0.478 e. The fourth-order valence-corrected chi connectivity index (χ4v) is 3.44. The minimum atomic E-state index is -0.629. The summed E-state index contributed by atoms with van der Waals surface area (Å²) in [5.74, 6) is 0.570. The fourth-order valence-electron chi connectivity index (χ4n) is 3.44. The number of hydrogen-bond donors (Lipinski definition) is 1. The van der Waals surface area contributed by atoms with Gasteiger partial charge in [-0.1, -0.05) is 51.1 Å². The number of hydrogen-bond acceptors (Lipinski definition) is 7. The summed E-state index contributed by atoms with van der Waals surface area (Å²) in [5, 5.41) is 2.87. The van der Waals surface area contributed by atoms with Gasteiger partial charge in [0.25, 0.3) is 0 Å². The molecule has 33 heavy (non-hydrogen) atoms. The van der Waals surface area contributed by atoms with Crippen molar-refractivity contribution >= 4 is 23.5 Å². The van der Waals surface area contributed by atoms with Crippen molar-refractivity contribution in [2.24, 2.45) is 5.41 Å². The van der Waals surface area contributed by atoms with Gasteiger partial charge in [0.05, 0.1) is 25.4 Å². The molecule has 2 aromatic rings. The van der Waals surface area contributed by atoms with Crippen LogP contribution < -0.4 is 15.0 Å². The maximum atomic E-state index is 12.7. The summed E-state index contributed by atoms with van der Waals surface area (Å²) in [6.45, 7) is 10.4. The highest BCUT2D eigenvalue weighted by Gasteiger charge is 2.30. The fraction of sp³-hybridized carbons (Fsp3) is 0.480. The highest BCUT2D eigenvalue weighted by Crippen LogP contribution is 2.34. The van der Waals surface area contributed by atoms with E-state index >= 15 is 0 Å². The third-order valence-electron chi connectivity index (χ3n) is 5.25. The molecule has 1 aliphatic rings. The predicted octanol–water partition coefficient (Wildman–Crippen LogP) is 3.97. The number of benzene rings is 1. The monoisotopic (exact) mass is 455 g/mol. The standard InChI is InChI=1S/C25H33N3O5/c1-6-31-22(29)16-33-20-12-13-21(26-23(20)27-24(30)25(3,4)5)28-14-17(2)32-15-19(28)18-10-8-7-9-11-18/h7-13,17,19H,6,14-16H2,1-5H3,(H,26,27,30)/t17-,19+/m1/s1. The van der Waals surface area contributed by atoms with Crippen LogP contribution in [0.4, 0.5) is 11.6 Å². The molecule has 0 unspecified atom stereocenters. The van der Waals surface area contributed by atoms with E-state index in [1.807, 2.05) is 52.0 Å². The van der Waals surface area contributed by atoms with Crippen molar-refractivity contribution in [2.75, 3.05) is 36.6 Å². The van der Waals surface area contributed by atoms with Crippen LogP contribution in [-0.4, -0.2) is 49.3 Å². The Morgan fingerprint density at radius 3 is 2.58 bits per heavy atom. The van der Waals surface area contributed by atoms with Crippen molar-refractivity contribution in [3.8, 4) is 5.75 Å². The number of anilines is 2. The van der Waals surface area contributed by atoms with Gasteiger partial charge in [-0.3, -0.25) is 4.79 Å². The first-order chi connectivity index (χ1) is 15.7. The van der Waals surface area contributed by atoms with Gasteiger partial charge in [0, 0.05) is 12.0 Å². The van der Waals surface area contributed by atoms with E-state index in [0.29, 0.717) is 24.7 Å². The van der Waals surface area contributed by atoms with Gasteiger partial charge >= 0.3 is 5.97 Å². The van der Waals surface area contributed by atoms with E-state index in [2.05, 4.69) is 22.3 Å². The summed E-state index contributed by atoms with van der Waals surface area (Å²) in [4.78, 5) is 31.4. The predicted molar refractivity (Wildman–Crippen MR) is 126 cm³/mol. The van der Waals surface area contributed by atoms with Crippen LogP contribution in [0.3, 0.4) is 0 Å². The van der Waals surface area contributed by atoms with Gasteiger partial charge in [0.2, 0.25) is 5.91 Å². The van der Waals surface area contributed by atoms with Crippen molar-refractivity contribution < 1.29 is 23.8 Å². The minimum absolute atomic E-state index is 0.0210. The number of ether oxygens (including phenoxy) is 3. The van der Waals surface area contributed by atoms with Crippen LogP contribution >= 0.6 is 0 Å². The molecule has 0 bridgehead atoms. The molecule has 1 aliphatic heterocycles. The Morgan fingerprint density at radius 2 is 1.91 bits per heavy atom. The van der Waals surface area contributed by atoms with Gasteiger partial charge in [-0.2, -0.15) is 0 Å². The van der Waals surface area contributed by atoms with Crippen LogP contribution in [0, 0.1) is 5.41 Å². The van der Waals surface area contributed by atoms with Crippen LogP contribution in [0.5, 0.6) is 5.75 Å². The molecule has 1 amide bonds. The molecule has 1 saturated heterocycles. The Labute approximate surface area is 195 Å². The smallest absolute Gasteiger partial charge is 0.344 e. The second kappa shape index (κ2) is 10.7. The first kappa shape index (κ1) is 24.5. The van der Waals surface area contributed by atoms with E-state index in [0.717, 1.165) is 5.56 Å². The maximum absolute atomic E-state index is 12.7. The number of nitrogens with zero attached hydrogens (tertiary/aromatic N) is 2. The Hall–Kier alpha value is -3.13. The molecule has 8 nitrogen and oxygen atoms in total. The third-order valence-corrected chi connectivity index (χ3v) is 5.25. The lowest BCUT2D eigenvalue weighted by atomic mass is 9.96. The number of amides is 1. The first-order valence-corrected chi connectivity index (χ1v) is 11.2. The Kier molecular flexibility index (Phi) is 7.92. The molecule has 2 atom stereocenters. The number of pyridine rings is 1. The van der Waals surface area contributed by atoms with Gasteiger partial charge < -0.3 is 24.4 Å². The third kappa shape index (κ3) is 6.44. The number of morpholine rings is 1. The molecule has 0 spiro atoms. The highest BCUT2D eigenvalue weighted by molar-refractivity contribution is 5.95. The lowest BCUT2D eigenvalue weighted by molar-refractivity contribution is -0.145. The number of carbonyl (C=O) groups excluding carboxylic acids is 2. The first-order valence-electron chi connectivity index (χ1n) is 11.2. The normalized spacial score (nSPS) is 18.5. The molecule has 0 saturated carbocycles. The maximum Gasteiger partial charge on any atom is 0.344 e. The lowest BCUT2D eigenvalue weighted by Crippen LogP contribution is -2.44. The van der Waals surface area contributed by atoms with Crippen molar-refractivity contribution in [3.05, 3.63) is 48.0 Å². The van der Waals surface area contributed by atoms with E-state index in [1.165, 1.54) is 0 Å². The molecular formula is C25H33N3O5. The lowest BCUT2D eigenvalue weighted by Gasteiger charge is -2.40. The molecular weight excluding hydrogens is 422 g/mol. The Morgan fingerprint density at radius 1 is 1.18 bits per heavy atom. The van der Waals surface area contributed by atoms with E-state index in [1.54, 1.807) is 13.0 Å². The number of carbonyl (C=O) groups is 2. The van der Waals surface area contributed by atoms with Crippen LogP contribution in [-0.2, 0) is 19.1 Å². The molecule has 0 radical (unpaired) electrons. The number of rotatable bonds is 7. The molecule has 178 valence electrons. The second-order valence-electron chi connectivity index (χ2n) is 9.04. The molecule has 0 aliphatic carbocycles. The average Bonchev–Trinajstić information content (AvgIpc) is 2.78. The minimum Gasteiger partial charge on any atom is -0.478 e. The molecule has 2 heterocycles. The zero-order valence-corrected chi connectivity index (χ0v) is 20.0. The molecule has 3 rings (SSSR count). The van der Waals surface area contributed by atoms with Gasteiger partial charge in [-0.05, 0) is 31.5 Å². The molecule has 1 aromatic carbocycles. The van der Waals surface area contributed by atoms with Crippen LogP contribution in [0.25, 0.3) is 0 Å². The van der Waals surface area contributed by atoms with Gasteiger partial charge in [-0.15, -0.1) is 0 Å². The van der Waals surface area contributed by atoms with Crippen molar-refractivity contribution in [1.82, 2.24) is 4.98 Å². The van der Waals surface area contributed by atoms with Crippen LogP contribution in [0.15, 0.2) is 42.5 Å². The SMILES string of the molecule is CCOC(=O)COc1ccc(N2C[C@@H](C)OC[C@H]2c2ccccc2)nc1NC(=O)C(C)(C)C. The Balaban J connectivity index is 1.94. The van der Waals surface area contributed by atoms with Gasteiger partial charge in [0.1, 0.15) is 5.82 Å². The van der Waals surface area contributed by atoms with Crippen LogP contribution in [0.2, 0.25) is 0 Å². The molecule has 1 aromatic heterocycles. The summed E-state index contributed by atoms with van der Waals surface area (Å²) < 4.78 is 16.5. The van der Waals surface area contributed by atoms with Gasteiger partial charge in [-0.25, -0.2) is 9.78 Å². The zero-order valence-electron chi connectivity index (χ0n) is 20.0. The number of esters is 1. The summed E-state index contributed by atoms with van der Waals surface area (Å²) in [7, 11) is 0. The highest BCUT2D eigenvalue weighted by atomic mass is 16.6. The molecule has 1 N–H and O–H groups in total. The average molecular weight is 456 g/mol. The Bertz CT molecular complexity index is 958. The van der Waals surface area contributed by atoms with Crippen molar-refractivity contribution in [1.29, 1.82) is 0 Å². The van der Waals surface area contributed by atoms with Crippen molar-refractivity contribution in [3.63, 3.8) is 0 Å².